The lowest BCUT2D eigenvalue weighted by molar-refractivity contribution is -0.123. The molecule has 0 spiro atoms. The molecule has 6 atom stereocenters. The number of aromatic nitrogens is 2. The Kier molecular flexibility index (Phi) is 9.10. The van der Waals surface area contributed by atoms with Gasteiger partial charge in [-0.2, -0.15) is 8.62 Å². The van der Waals surface area contributed by atoms with E-state index >= 15 is 0 Å². The Labute approximate surface area is 185 Å². The molecule has 1 aromatic rings. The summed E-state index contributed by atoms with van der Waals surface area (Å²) in [5.41, 5.74) is 6.07. The zero-order valence-electron chi connectivity index (χ0n) is 16.3. The van der Waals surface area contributed by atoms with E-state index in [1.807, 2.05) is 5.92 Å². The highest BCUT2D eigenvalue weighted by atomic mass is 31.3. The smallest absolute Gasteiger partial charge is 0.392 e. The van der Waals surface area contributed by atoms with Crippen molar-refractivity contribution in [1.29, 1.82) is 0 Å². The maximum absolute atomic E-state index is 11.9. The van der Waals surface area contributed by atoms with Crippen molar-refractivity contribution in [2.75, 3.05) is 18.5 Å². The van der Waals surface area contributed by atoms with Crippen LogP contribution in [0.25, 0.3) is 0 Å². The Morgan fingerprint density at radius 1 is 1.24 bits per heavy atom. The number of nitrogens with one attached hydrogen (secondary N) is 1. The predicted molar refractivity (Wildman–Crippen MR) is 107 cm³/mol. The number of phosphoric acid groups is 3. The number of aliphatic hydroxyl groups is 2. The molecule has 21 heteroatoms. The van der Waals surface area contributed by atoms with Gasteiger partial charge in [-0.1, -0.05) is 5.92 Å². The second kappa shape index (κ2) is 10.8. The lowest BCUT2D eigenvalue weighted by atomic mass is 10.2. The molecule has 0 amide bonds. The first-order chi connectivity index (χ1) is 15.2. The van der Waals surface area contributed by atoms with Gasteiger partial charge in [-0.05, 0) is 0 Å². The molecule has 0 radical (unpaired) electrons. The van der Waals surface area contributed by atoms with Gasteiger partial charge in [0.05, 0.1) is 25.9 Å². The largest absolute Gasteiger partial charge is 0.490 e. The standard InChI is InChI=1S/C12H20N5O13P3/c1-2-7(19)8(4-27-32(23,24)30-33(25,26)29-31(20,21)22)28-9(3-18)17-6-16-10-11(13)14-5-15-12(10)17/h1,5-9,11,18-19H,3-4,13H2,(H,14,15)(H,23,24)(H,25,26)(H2,20,21,22)/t7-,8+,9+,11?/m0/s1. The minimum Gasteiger partial charge on any atom is -0.392 e. The summed E-state index contributed by atoms with van der Waals surface area (Å²) in [6.45, 7) is -1.78. The summed E-state index contributed by atoms with van der Waals surface area (Å²) in [5.74, 6) is 2.14. The number of aliphatic hydroxyl groups excluding tert-OH is 2. The van der Waals surface area contributed by atoms with Crippen molar-refractivity contribution in [3.63, 3.8) is 0 Å². The van der Waals surface area contributed by atoms with Gasteiger partial charge in [-0.15, -0.1) is 6.42 Å². The number of aliphatic imine (C=N–C) groups is 1. The molecule has 0 saturated heterocycles. The van der Waals surface area contributed by atoms with Gasteiger partial charge >= 0.3 is 23.5 Å². The van der Waals surface area contributed by atoms with E-state index in [0.717, 1.165) is 0 Å². The second-order valence-corrected chi connectivity index (χ2v) is 10.5. The fraction of sp³-hybridized carbons (Fsp3) is 0.500. The van der Waals surface area contributed by atoms with Gasteiger partial charge in [0.25, 0.3) is 0 Å². The summed E-state index contributed by atoms with van der Waals surface area (Å²) in [5, 5.41) is 22.4. The molecule has 186 valence electrons. The molecule has 3 unspecified atom stereocenters. The van der Waals surface area contributed by atoms with Crippen LogP contribution in [0, 0.1) is 12.3 Å². The predicted octanol–water partition coefficient (Wildman–Crippen LogP) is -1.49. The number of hydrogen-bond acceptors (Lipinski definition) is 13. The van der Waals surface area contributed by atoms with E-state index in [1.54, 1.807) is 0 Å². The van der Waals surface area contributed by atoms with Crippen molar-refractivity contribution in [3.8, 4) is 12.3 Å². The number of anilines is 1. The molecule has 2 rings (SSSR count). The molecule has 2 heterocycles. The molecule has 0 bridgehead atoms. The second-order valence-electron chi connectivity index (χ2n) is 6.06. The van der Waals surface area contributed by atoms with Crippen molar-refractivity contribution in [3.05, 3.63) is 12.0 Å². The fourth-order valence-corrected chi connectivity index (χ4v) is 5.42. The lowest BCUT2D eigenvalue weighted by Gasteiger charge is -2.28. The lowest BCUT2D eigenvalue weighted by Crippen LogP contribution is -2.36. The highest BCUT2D eigenvalue weighted by Gasteiger charge is 2.41. The van der Waals surface area contributed by atoms with Crippen LogP contribution in [0.3, 0.4) is 0 Å². The average Bonchev–Trinajstić information content (AvgIpc) is 3.10. The van der Waals surface area contributed by atoms with Gasteiger partial charge in [0.1, 0.15) is 29.9 Å². The Balaban J connectivity index is 2.14. The quantitative estimate of drug-likeness (QED) is 0.112. The van der Waals surface area contributed by atoms with Crippen LogP contribution in [0.1, 0.15) is 18.1 Å². The first-order valence-corrected chi connectivity index (χ1v) is 13.0. The number of imidazole rings is 1. The number of hydrogen-bond donors (Lipinski definition) is 8. The van der Waals surface area contributed by atoms with Crippen LogP contribution in [0.15, 0.2) is 11.3 Å². The summed E-state index contributed by atoms with van der Waals surface area (Å²) in [6.07, 6.45) is 2.08. The molecular formula is C12H20N5O13P3. The van der Waals surface area contributed by atoms with Crippen molar-refractivity contribution < 1.29 is 61.4 Å². The van der Waals surface area contributed by atoms with Gasteiger partial charge < -0.3 is 45.6 Å². The van der Waals surface area contributed by atoms with Gasteiger partial charge in [0, 0.05) is 0 Å². The van der Waals surface area contributed by atoms with Crippen LogP contribution in [0.5, 0.6) is 0 Å². The van der Waals surface area contributed by atoms with Gasteiger partial charge in [0.2, 0.25) is 0 Å². The normalized spacial score (nSPS) is 22.2. The Morgan fingerprint density at radius 2 is 1.91 bits per heavy atom. The zero-order chi connectivity index (χ0) is 25.0. The molecule has 9 N–H and O–H groups in total. The molecule has 1 aromatic heterocycles. The summed E-state index contributed by atoms with van der Waals surface area (Å²) < 4.78 is 52.3. The topological polar surface area (TPSA) is 278 Å². The van der Waals surface area contributed by atoms with Crippen LogP contribution in [0.4, 0.5) is 5.82 Å². The fourth-order valence-electron chi connectivity index (χ4n) is 2.39. The third-order valence-corrected chi connectivity index (χ3v) is 7.48. The molecule has 0 fully saturated rings. The summed E-state index contributed by atoms with van der Waals surface area (Å²) in [4.78, 5) is 43.7. The van der Waals surface area contributed by atoms with Crippen LogP contribution in [0.2, 0.25) is 0 Å². The van der Waals surface area contributed by atoms with Crippen LogP contribution < -0.4 is 11.1 Å². The number of phosphoric ester groups is 1. The zero-order valence-corrected chi connectivity index (χ0v) is 18.9. The summed E-state index contributed by atoms with van der Waals surface area (Å²) in [7, 11) is -16.8. The van der Waals surface area contributed by atoms with Crippen LogP contribution >= 0.6 is 23.5 Å². The number of fused-ring (bicyclic) bond motifs is 1. The third-order valence-electron chi connectivity index (χ3n) is 3.68. The number of rotatable bonds is 12. The molecular weight excluding hydrogens is 515 g/mol. The summed E-state index contributed by atoms with van der Waals surface area (Å²) in [6, 6.07) is 0. The van der Waals surface area contributed by atoms with Crippen molar-refractivity contribution in [2.24, 2.45) is 10.7 Å². The van der Waals surface area contributed by atoms with Gasteiger partial charge in [0.15, 0.2) is 6.23 Å². The average molecular weight is 535 g/mol. The maximum Gasteiger partial charge on any atom is 0.490 e. The molecule has 1 aliphatic rings. The molecule has 33 heavy (non-hydrogen) atoms. The van der Waals surface area contributed by atoms with E-state index in [2.05, 4.69) is 28.4 Å². The Hall–Kier alpha value is -1.51. The van der Waals surface area contributed by atoms with E-state index < -0.39 is 61.3 Å². The minimum atomic E-state index is -5.75. The molecule has 0 aliphatic carbocycles. The van der Waals surface area contributed by atoms with E-state index in [0.29, 0.717) is 5.69 Å². The maximum atomic E-state index is 11.9. The number of ether oxygens (including phenoxy) is 1. The van der Waals surface area contributed by atoms with Crippen LogP contribution in [-0.2, 0) is 31.6 Å². The molecule has 0 saturated carbocycles. The van der Waals surface area contributed by atoms with E-state index in [4.69, 9.17) is 26.7 Å². The number of nitrogens with two attached hydrogens (primary N) is 1. The first kappa shape index (κ1) is 27.7. The monoisotopic (exact) mass is 535 g/mol. The minimum absolute atomic E-state index is 0.276. The first-order valence-electron chi connectivity index (χ1n) is 8.47. The molecule has 18 nitrogen and oxygen atoms in total. The van der Waals surface area contributed by atoms with Crippen molar-refractivity contribution in [1.82, 2.24) is 9.55 Å². The van der Waals surface area contributed by atoms with E-state index in [-0.39, 0.29) is 5.82 Å². The Bertz CT molecular complexity index is 1050. The highest BCUT2D eigenvalue weighted by molar-refractivity contribution is 7.66. The number of nitrogens with zero attached hydrogens (tertiary/aromatic N) is 3. The SMILES string of the molecule is C#C[C@H](O)[C@@H](COP(=O)(O)OP(=O)(O)OP(=O)(O)O)O[C@H](CO)n1cnc2c1NC=NC2N. The van der Waals surface area contributed by atoms with E-state index in [1.165, 1.54) is 17.2 Å². The van der Waals surface area contributed by atoms with Gasteiger partial charge in [-0.25, -0.2) is 18.7 Å². The van der Waals surface area contributed by atoms with Crippen molar-refractivity contribution >= 4 is 35.6 Å². The van der Waals surface area contributed by atoms with Crippen LogP contribution in [-0.4, -0.2) is 71.1 Å². The highest BCUT2D eigenvalue weighted by Crippen LogP contribution is 2.66. The van der Waals surface area contributed by atoms with Crippen molar-refractivity contribution in [2.45, 2.75) is 24.6 Å². The summed E-state index contributed by atoms with van der Waals surface area (Å²) >= 11 is 0. The number of terminal acetylenes is 1. The molecule has 0 aromatic carbocycles. The third kappa shape index (κ3) is 8.04. The van der Waals surface area contributed by atoms with E-state index in [9.17, 15) is 33.7 Å². The van der Waals surface area contributed by atoms with Gasteiger partial charge in [-0.3, -0.25) is 14.1 Å². The molecule has 1 aliphatic heterocycles. The Morgan fingerprint density at radius 3 is 2.48 bits per heavy atom.